The molecule has 0 saturated carbocycles. The van der Waals surface area contributed by atoms with Crippen molar-refractivity contribution in [1.82, 2.24) is 0 Å². The second kappa shape index (κ2) is 13.0. The standard InChI is InChI=1S/C28H30O6/c1-21(9-8-14-27(29)30)34-28(31)17-24-15-25(32-19-22-10-4-2-5-11-22)18-26(16-24)33-20-23-12-6-3-7-13-23/h2-7,10-13,15-16,18,21H,8-9,14,17,19-20H2,1H3,(H,29,30)/t21-/m1/s1. The van der Waals surface area contributed by atoms with Crippen LogP contribution in [0, 0.1) is 0 Å². The molecule has 0 bridgehead atoms. The van der Waals surface area contributed by atoms with Crippen molar-refractivity contribution in [1.29, 1.82) is 0 Å². The van der Waals surface area contributed by atoms with Crippen molar-refractivity contribution in [3.05, 3.63) is 95.6 Å². The number of carbonyl (C=O) groups is 2. The van der Waals surface area contributed by atoms with Crippen LogP contribution in [0.3, 0.4) is 0 Å². The number of esters is 1. The van der Waals surface area contributed by atoms with Crippen molar-refractivity contribution in [3.63, 3.8) is 0 Å². The molecule has 1 atom stereocenters. The summed E-state index contributed by atoms with van der Waals surface area (Å²) in [6.45, 7) is 2.56. The van der Waals surface area contributed by atoms with Crippen molar-refractivity contribution < 1.29 is 28.9 Å². The van der Waals surface area contributed by atoms with E-state index in [1.807, 2.05) is 78.9 Å². The molecule has 178 valence electrons. The molecule has 0 heterocycles. The molecule has 0 saturated heterocycles. The van der Waals surface area contributed by atoms with Crippen molar-refractivity contribution >= 4 is 11.9 Å². The maximum atomic E-state index is 12.5. The van der Waals surface area contributed by atoms with Crippen molar-refractivity contribution in [3.8, 4) is 11.5 Å². The molecular weight excluding hydrogens is 432 g/mol. The molecule has 0 aromatic heterocycles. The summed E-state index contributed by atoms with van der Waals surface area (Å²) >= 11 is 0. The first kappa shape index (κ1) is 24.8. The van der Waals surface area contributed by atoms with Crippen LogP contribution in [0.25, 0.3) is 0 Å². The quantitative estimate of drug-likeness (QED) is 0.334. The predicted molar refractivity (Wildman–Crippen MR) is 129 cm³/mol. The molecule has 0 fully saturated rings. The molecule has 3 aromatic carbocycles. The van der Waals surface area contributed by atoms with Crippen LogP contribution in [-0.4, -0.2) is 23.1 Å². The highest BCUT2D eigenvalue weighted by molar-refractivity contribution is 5.73. The monoisotopic (exact) mass is 462 g/mol. The number of carboxylic acid groups (broad SMARTS) is 1. The molecule has 6 heteroatoms. The van der Waals surface area contributed by atoms with E-state index < -0.39 is 5.97 Å². The van der Waals surface area contributed by atoms with E-state index in [2.05, 4.69) is 0 Å². The Bertz CT molecular complexity index is 987. The van der Waals surface area contributed by atoms with Gasteiger partial charge >= 0.3 is 11.9 Å². The van der Waals surface area contributed by atoms with Gasteiger partial charge in [-0.2, -0.15) is 0 Å². The first-order valence-electron chi connectivity index (χ1n) is 11.4. The van der Waals surface area contributed by atoms with E-state index >= 15 is 0 Å². The summed E-state index contributed by atoms with van der Waals surface area (Å²) in [7, 11) is 0. The lowest BCUT2D eigenvalue weighted by Gasteiger charge is -2.15. The van der Waals surface area contributed by atoms with Gasteiger partial charge in [-0.3, -0.25) is 9.59 Å². The molecule has 0 aliphatic heterocycles. The second-order valence-electron chi connectivity index (χ2n) is 8.12. The number of carbonyl (C=O) groups excluding carboxylic acids is 1. The van der Waals surface area contributed by atoms with Crippen LogP contribution in [-0.2, 0) is 34.0 Å². The van der Waals surface area contributed by atoms with Crippen molar-refractivity contribution in [2.24, 2.45) is 0 Å². The highest BCUT2D eigenvalue weighted by atomic mass is 16.5. The third-order valence-corrected chi connectivity index (χ3v) is 5.12. The molecule has 0 unspecified atom stereocenters. The van der Waals surface area contributed by atoms with E-state index in [0.717, 1.165) is 16.7 Å². The highest BCUT2D eigenvalue weighted by Gasteiger charge is 2.13. The van der Waals surface area contributed by atoms with Gasteiger partial charge in [-0.05, 0) is 48.6 Å². The Balaban J connectivity index is 1.65. The summed E-state index contributed by atoms with van der Waals surface area (Å²) in [6, 6.07) is 25.1. The van der Waals surface area contributed by atoms with Gasteiger partial charge in [0.1, 0.15) is 24.7 Å². The van der Waals surface area contributed by atoms with Crippen LogP contribution in [0.4, 0.5) is 0 Å². The maximum Gasteiger partial charge on any atom is 0.310 e. The Hall–Kier alpha value is -3.80. The summed E-state index contributed by atoms with van der Waals surface area (Å²) in [6.07, 6.45) is 0.740. The van der Waals surface area contributed by atoms with E-state index in [1.165, 1.54) is 0 Å². The van der Waals surface area contributed by atoms with Gasteiger partial charge < -0.3 is 19.3 Å². The topological polar surface area (TPSA) is 82.1 Å². The van der Waals surface area contributed by atoms with Gasteiger partial charge in [-0.15, -0.1) is 0 Å². The Morgan fingerprint density at radius 1 is 0.794 bits per heavy atom. The predicted octanol–water partition coefficient (Wildman–Crippen LogP) is 5.57. The first-order chi connectivity index (χ1) is 16.5. The van der Waals surface area contributed by atoms with E-state index in [-0.39, 0.29) is 24.9 Å². The zero-order chi connectivity index (χ0) is 24.2. The molecule has 0 spiro atoms. The van der Waals surface area contributed by atoms with Gasteiger partial charge in [0.05, 0.1) is 12.5 Å². The number of rotatable bonds is 13. The van der Waals surface area contributed by atoms with Crippen LogP contribution >= 0.6 is 0 Å². The van der Waals surface area contributed by atoms with Crippen LogP contribution in [0.2, 0.25) is 0 Å². The van der Waals surface area contributed by atoms with Gasteiger partial charge in [0.25, 0.3) is 0 Å². The van der Waals surface area contributed by atoms with Gasteiger partial charge in [-0.1, -0.05) is 60.7 Å². The average molecular weight is 463 g/mol. The lowest BCUT2D eigenvalue weighted by atomic mass is 10.1. The van der Waals surface area contributed by atoms with E-state index in [9.17, 15) is 9.59 Å². The zero-order valence-electron chi connectivity index (χ0n) is 19.3. The first-order valence-corrected chi connectivity index (χ1v) is 11.4. The van der Waals surface area contributed by atoms with E-state index in [1.54, 1.807) is 6.92 Å². The number of aliphatic carboxylic acids is 1. The Kier molecular flexibility index (Phi) is 9.52. The zero-order valence-corrected chi connectivity index (χ0v) is 19.3. The third kappa shape index (κ3) is 8.98. The molecule has 3 aromatic rings. The Morgan fingerprint density at radius 3 is 1.82 bits per heavy atom. The number of hydrogen-bond acceptors (Lipinski definition) is 5. The van der Waals surface area contributed by atoms with Crippen molar-refractivity contribution in [2.75, 3.05) is 0 Å². The summed E-state index contributed by atoms with van der Waals surface area (Å²) in [5, 5.41) is 8.76. The van der Waals surface area contributed by atoms with E-state index in [0.29, 0.717) is 37.6 Å². The van der Waals surface area contributed by atoms with Gasteiger partial charge in [0.15, 0.2) is 0 Å². The molecule has 0 aliphatic carbocycles. The highest BCUT2D eigenvalue weighted by Crippen LogP contribution is 2.25. The summed E-state index contributed by atoms with van der Waals surface area (Å²) in [4.78, 5) is 23.1. The minimum Gasteiger partial charge on any atom is -0.489 e. The fraction of sp³-hybridized carbons (Fsp3) is 0.286. The second-order valence-corrected chi connectivity index (χ2v) is 8.12. The SMILES string of the molecule is C[C@H](CCCC(=O)O)OC(=O)Cc1cc(OCc2ccccc2)cc(OCc2ccccc2)c1. The van der Waals surface area contributed by atoms with Gasteiger partial charge in [0.2, 0.25) is 0 Å². The Morgan fingerprint density at radius 2 is 1.32 bits per heavy atom. The van der Waals surface area contributed by atoms with Crippen LogP contribution in [0.15, 0.2) is 78.9 Å². The number of ether oxygens (including phenoxy) is 3. The molecule has 34 heavy (non-hydrogen) atoms. The average Bonchev–Trinajstić information content (AvgIpc) is 2.82. The summed E-state index contributed by atoms with van der Waals surface area (Å²) < 4.78 is 17.4. The molecule has 3 rings (SSSR count). The fourth-order valence-electron chi connectivity index (χ4n) is 3.41. The molecule has 0 aliphatic rings. The normalized spacial score (nSPS) is 11.4. The van der Waals surface area contributed by atoms with Gasteiger partial charge in [0, 0.05) is 12.5 Å². The Labute approximate surface area is 200 Å². The van der Waals surface area contributed by atoms with Crippen LogP contribution in [0.5, 0.6) is 11.5 Å². The van der Waals surface area contributed by atoms with Gasteiger partial charge in [-0.25, -0.2) is 0 Å². The lowest BCUT2D eigenvalue weighted by Crippen LogP contribution is -2.17. The van der Waals surface area contributed by atoms with Crippen molar-refractivity contribution in [2.45, 2.75) is 51.9 Å². The smallest absolute Gasteiger partial charge is 0.310 e. The minimum absolute atomic E-state index is 0.0603. The molecule has 0 radical (unpaired) electrons. The fourth-order valence-corrected chi connectivity index (χ4v) is 3.41. The summed E-state index contributed by atoms with van der Waals surface area (Å²) in [5.74, 6) is -0.0237. The number of carboxylic acids is 1. The number of benzene rings is 3. The maximum absolute atomic E-state index is 12.5. The molecular formula is C28H30O6. The number of hydrogen-bond donors (Lipinski definition) is 1. The van der Waals surface area contributed by atoms with E-state index in [4.69, 9.17) is 19.3 Å². The molecule has 1 N–H and O–H groups in total. The van der Waals surface area contributed by atoms with Crippen LogP contribution < -0.4 is 9.47 Å². The summed E-state index contributed by atoms with van der Waals surface area (Å²) in [5.41, 5.74) is 2.79. The lowest BCUT2D eigenvalue weighted by molar-refractivity contribution is -0.147. The molecule has 0 amide bonds. The minimum atomic E-state index is -0.853. The van der Waals surface area contributed by atoms with Crippen LogP contribution in [0.1, 0.15) is 42.9 Å². The third-order valence-electron chi connectivity index (χ3n) is 5.12. The molecule has 6 nitrogen and oxygen atoms in total. The largest absolute Gasteiger partial charge is 0.489 e.